The molecule has 2 heterocycles. The third-order valence-corrected chi connectivity index (χ3v) is 4.51. The number of halogens is 3. The number of amides is 1. The van der Waals surface area contributed by atoms with E-state index in [0.717, 1.165) is 12.3 Å². The normalized spacial score (nSPS) is 25.5. The van der Waals surface area contributed by atoms with Gasteiger partial charge in [-0.15, -0.1) is 0 Å². The molecule has 1 aliphatic heterocycles. The minimum atomic E-state index is -4.43. The number of carbonyl (C=O) groups excluding carboxylic acids is 1. The highest BCUT2D eigenvalue weighted by molar-refractivity contribution is 5.69. The van der Waals surface area contributed by atoms with Gasteiger partial charge in [-0.05, 0) is 38.7 Å². The quantitative estimate of drug-likeness (QED) is 0.829. The van der Waals surface area contributed by atoms with Gasteiger partial charge in [0.25, 0.3) is 0 Å². The Labute approximate surface area is 144 Å². The summed E-state index contributed by atoms with van der Waals surface area (Å²) in [6.45, 7) is 7.01. The van der Waals surface area contributed by atoms with Gasteiger partial charge >= 0.3 is 12.3 Å². The maximum absolute atomic E-state index is 12.7. The molecule has 5 nitrogen and oxygen atoms in total. The van der Waals surface area contributed by atoms with Crippen molar-refractivity contribution >= 4 is 6.09 Å². The number of hydrogen-bond donors (Lipinski definition) is 0. The van der Waals surface area contributed by atoms with Crippen molar-refractivity contribution in [2.45, 2.75) is 32.5 Å². The van der Waals surface area contributed by atoms with E-state index in [4.69, 9.17) is 9.47 Å². The van der Waals surface area contributed by atoms with Crippen LogP contribution in [0.5, 0.6) is 5.75 Å². The number of piperidine rings is 1. The first-order valence-corrected chi connectivity index (χ1v) is 8.17. The number of likely N-dealkylation sites (tertiary alicyclic amines) is 1. The van der Waals surface area contributed by atoms with Gasteiger partial charge in [-0.3, -0.25) is 4.98 Å². The fourth-order valence-electron chi connectivity index (χ4n) is 3.22. The third-order valence-electron chi connectivity index (χ3n) is 4.51. The Morgan fingerprint density at radius 2 is 1.88 bits per heavy atom. The molecule has 1 unspecified atom stereocenters. The van der Waals surface area contributed by atoms with Gasteiger partial charge < -0.3 is 14.4 Å². The molecule has 25 heavy (non-hydrogen) atoms. The Kier molecular flexibility index (Phi) is 4.33. The Balaban J connectivity index is 1.47. The van der Waals surface area contributed by atoms with Crippen LogP contribution in [0.15, 0.2) is 18.5 Å². The molecule has 0 spiro atoms. The van der Waals surface area contributed by atoms with Crippen LogP contribution in [0, 0.1) is 17.8 Å². The Morgan fingerprint density at radius 3 is 2.44 bits per heavy atom. The minimum absolute atomic E-state index is 0.115. The fraction of sp³-hybridized carbons (Fsp3) is 0.647. The van der Waals surface area contributed by atoms with Crippen LogP contribution in [0.4, 0.5) is 18.0 Å². The van der Waals surface area contributed by atoms with Crippen LogP contribution in [0.3, 0.4) is 0 Å². The van der Waals surface area contributed by atoms with E-state index in [-0.39, 0.29) is 17.8 Å². The molecule has 2 fully saturated rings. The first kappa shape index (κ1) is 17.8. The molecule has 1 aliphatic carbocycles. The second-order valence-corrected chi connectivity index (χ2v) is 7.59. The molecule has 1 aromatic heterocycles. The van der Waals surface area contributed by atoms with Gasteiger partial charge in [-0.25, -0.2) is 4.79 Å². The average Bonchev–Trinajstić information content (AvgIpc) is 2.93. The first-order valence-electron chi connectivity index (χ1n) is 8.17. The molecule has 1 aromatic rings. The molecule has 1 saturated heterocycles. The lowest BCUT2D eigenvalue weighted by Crippen LogP contribution is -2.37. The van der Waals surface area contributed by atoms with Crippen LogP contribution in [-0.4, -0.2) is 41.3 Å². The van der Waals surface area contributed by atoms with E-state index in [2.05, 4.69) is 4.98 Å². The molecule has 8 heteroatoms. The summed E-state index contributed by atoms with van der Waals surface area (Å²) in [6, 6.07) is 0.957. The Morgan fingerprint density at radius 1 is 1.24 bits per heavy atom. The van der Waals surface area contributed by atoms with Crippen molar-refractivity contribution in [3.05, 3.63) is 24.0 Å². The lowest BCUT2D eigenvalue weighted by Gasteiger charge is -2.25. The van der Waals surface area contributed by atoms with Crippen LogP contribution in [0.1, 0.15) is 26.3 Å². The van der Waals surface area contributed by atoms with Crippen molar-refractivity contribution in [3.63, 3.8) is 0 Å². The van der Waals surface area contributed by atoms with Crippen LogP contribution in [-0.2, 0) is 10.9 Å². The highest BCUT2D eigenvalue weighted by Gasteiger charge is 2.57. The molecule has 138 valence electrons. The number of nitrogens with zero attached hydrogens (tertiary/aromatic N) is 2. The summed E-state index contributed by atoms with van der Waals surface area (Å²) in [5, 5.41) is 0. The molecule has 3 rings (SSSR count). The minimum Gasteiger partial charge on any atom is -0.492 e. The van der Waals surface area contributed by atoms with Gasteiger partial charge in [0.2, 0.25) is 0 Å². The molecular weight excluding hydrogens is 337 g/mol. The van der Waals surface area contributed by atoms with Crippen LogP contribution >= 0.6 is 0 Å². The van der Waals surface area contributed by atoms with Crippen molar-refractivity contribution in [2.24, 2.45) is 17.8 Å². The summed E-state index contributed by atoms with van der Waals surface area (Å²) in [6.07, 6.45) is -2.70. The maximum Gasteiger partial charge on any atom is 0.418 e. The zero-order valence-corrected chi connectivity index (χ0v) is 14.3. The largest absolute Gasteiger partial charge is 0.492 e. The number of pyridine rings is 1. The van der Waals surface area contributed by atoms with Crippen molar-refractivity contribution in [1.29, 1.82) is 0 Å². The van der Waals surface area contributed by atoms with Crippen molar-refractivity contribution in [1.82, 2.24) is 9.88 Å². The zero-order valence-electron chi connectivity index (χ0n) is 14.3. The van der Waals surface area contributed by atoms with Gasteiger partial charge in [-0.2, -0.15) is 13.2 Å². The summed E-state index contributed by atoms with van der Waals surface area (Å²) in [5.41, 5.74) is -1.35. The highest BCUT2D eigenvalue weighted by atomic mass is 19.4. The standard InChI is InChI=1S/C17H21F3N2O3/c1-16(2,3)25-15(23)22-7-12-13(8-22)14(12)9-24-11-4-10(5-21-6-11)17(18,19)20/h4-6,12-14H,7-9H2,1-3H3/t12-,13+,14?. The second-order valence-electron chi connectivity index (χ2n) is 7.59. The van der Waals surface area contributed by atoms with Crippen molar-refractivity contribution in [2.75, 3.05) is 19.7 Å². The number of aromatic nitrogens is 1. The van der Waals surface area contributed by atoms with E-state index in [1.165, 1.54) is 6.20 Å². The lowest BCUT2D eigenvalue weighted by atomic mass is 10.2. The van der Waals surface area contributed by atoms with Gasteiger partial charge in [0, 0.05) is 25.2 Å². The van der Waals surface area contributed by atoms with Gasteiger partial charge in [0.05, 0.1) is 18.4 Å². The van der Waals surface area contributed by atoms with E-state index >= 15 is 0 Å². The average molecular weight is 358 g/mol. The SMILES string of the molecule is CC(C)(C)OC(=O)N1C[C@@H]2C(COc3cncc(C(F)(F)F)c3)[C@@H]2C1. The number of fused-ring (bicyclic) bond motifs is 1. The molecule has 3 atom stereocenters. The molecule has 0 bridgehead atoms. The lowest BCUT2D eigenvalue weighted by molar-refractivity contribution is -0.138. The number of carbonyl (C=O) groups is 1. The molecule has 2 aliphatic rings. The second kappa shape index (κ2) is 6.07. The third kappa shape index (κ3) is 4.16. The van der Waals surface area contributed by atoms with E-state index in [1.54, 1.807) is 4.90 Å². The fourth-order valence-corrected chi connectivity index (χ4v) is 3.22. The number of alkyl halides is 3. The van der Waals surface area contributed by atoms with Crippen LogP contribution in [0.25, 0.3) is 0 Å². The predicted molar refractivity (Wildman–Crippen MR) is 83.0 cm³/mol. The summed E-state index contributed by atoms with van der Waals surface area (Å²) in [4.78, 5) is 17.3. The van der Waals surface area contributed by atoms with E-state index in [1.807, 2.05) is 20.8 Å². The summed E-state index contributed by atoms with van der Waals surface area (Å²) >= 11 is 0. The summed E-state index contributed by atoms with van der Waals surface area (Å²) in [7, 11) is 0. The molecule has 1 saturated carbocycles. The Bertz CT molecular complexity index is 645. The summed E-state index contributed by atoms with van der Waals surface area (Å²) in [5.74, 6) is 1.02. The van der Waals surface area contributed by atoms with Crippen LogP contribution in [0.2, 0.25) is 0 Å². The van der Waals surface area contributed by atoms with Crippen molar-refractivity contribution in [3.8, 4) is 5.75 Å². The predicted octanol–water partition coefficient (Wildman–Crippen LogP) is 3.59. The number of ether oxygens (including phenoxy) is 2. The highest BCUT2D eigenvalue weighted by Crippen LogP contribution is 2.52. The topological polar surface area (TPSA) is 51.7 Å². The molecule has 1 amide bonds. The Hall–Kier alpha value is -1.99. The molecule has 0 radical (unpaired) electrons. The smallest absolute Gasteiger partial charge is 0.418 e. The first-order chi connectivity index (χ1) is 11.5. The number of hydrogen-bond acceptors (Lipinski definition) is 4. The maximum atomic E-state index is 12.7. The van der Waals surface area contributed by atoms with Crippen LogP contribution < -0.4 is 4.74 Å². The van der Waals surface area contributed by atoms with E-state index in [9.17, 15) is 18.0 Å². The molecule has 0 aromatic carbocycles. The van der Waals surface area contributed by atoms with E-state index < -0.39 is 17.3 Å². The van der Waals surface area contributed by atoms with E-state index in [0.29, 0.717) is 31.5 Å². The zero-order chi connectivity index (χ0) is 18.4. The van der Waals surface area contributed by atoms with Crippen molar-refractivity contribution < 1.29 is 27.4 Å². The molecule has 0 N–H and O–H groups in total. The van der Waals surface area contributed by atoms with Gasteiger partial charge in [-0.1, -0.05) is 0 Å². The number of rotatable bonds is 3. The van der Waals surface area contributed by atoms with Gasteiger partial charge in [0.15, 0.2) is 0 Å². The van der Waals surface area contributed by atoms with Gasteiger partial charge in [0.1, 0.15) is 11.4 Å². The summed E-state index contributed by atoms with van der Waals surface area (Å²) < 4.78 is 48.8. The monoisotopic (exact) mass is 358 g/mol. The molecular formula is C17H21F3N2O3.